The number of hydrogen-bond donors (Lipinski definition) is 2. The number of nitrogens with two attached hydrogens (primary N) is 1. The van der Waals surface area contributed by atoms with Crippen molar-refractivity contribution in [2.75, 3.05) is 23.3 Å². The van der Waals surface area contributed by atoms with Crippen LogP contribution in [0.2, 0.25) is 0 Å². The number of halogens is 1. The molecule has 0 spiro atoms. The van der Waals surface area contributed by atoms with Gasteiger partial charge in [-0.15, -0.1) is 0 Å². The van der Waals surface area contributed by atoms with Gasteiger partial charge in [0.1, 0.15) is 5.75 Å². The summed E-state index contributed by atoms with van der Waals surface area (Å²) in [6.07, 6.45) is -0.781. The van der Waals surface area contributed by atoms with Crippen molar-refractivity contribution in [2.45, 2.75) is 6.10 Å². The summed E-state index contributed by atoms with van der Waals surface area (Å²) in [4.78, 5) is 25.7. The number of hydrogen-bond acceptors (Lipinski definition) is 4. The quantitative estimate of drug-likeness (QED) is 0.838. The number of nitrogens with zero attached hydrogens (tertiary/aromatic N) is 1. The van der Waals surface area contributed by atoms with Gasteiger partial charge in [-0.25, -0.2) is 0 Å². The Kier molecular flexibility index (Phi) is 4.71. The van der Waals surface area contributed by atoms with Crippen molar-refractivity contribution in [1.29, 1.82) is 0 Å². The summed E-state index contributed by atoms with van der Waals surface area (Å²) in [6.45, 7) is 0.321. The van der Waals surface area contributed by atoms with Gasteiger partial charge in [0, 0.05) is 4.47 Å². The number of para-hydroxylation sites is 3. The van der Waals surface area contributed by atoms with E-state index in [1.54, 1.807) is 11.0 Å². The summed E-state index contributed by atoms with van der Waals surface area (Å²) < 4.78 is 6.39. The lowest BCUT2D eigenvalue weighted by molar-refractivity contribution is -0.125. The number of primary amides is 1. The van der Waals surface area contributed by atoms with E-state index in [0.29, 0.717) is 11.4 Å². The highest BCUT2D eigenvalue weighted by Gasteiger charge is 2.30. The van der Waals surface area contributed by atoms with Gasteiger partial charge < -0.3 is 20.7 Å². The number of amides is 2. The second-order valence-corrected chi connectivity index (χ2v) is 6.24. The van der Waals surface area contributed by atoms with Crippen molar-refractivity contribution in [2.24, 2.45) is 5.73 Å². The number of rotatable bonds is 4. The number of benzene rings is 2. The fourth-order valence-electron chi connectivity index (χ4n) is 2.53. The number of nitrogens with one attached hydrogen (secondary N) is 1. The van der Waals surface area contributed by atoms with Gasteiger partial charge in [-0.3, -0.25) is 9.59 Å². The molecule has 2 amide bonds. The molecule has 0 bridgehead atoms. The topological polar surface area (TPSA) is 84.7 Å². The zero-order valence-corrected chi connectivity index (χ0v) is 14.3. The van der Waals surface area contributed by atoms with Crippen molar-refractivity contribution in [3.8, 4) is 5.75 Å². The fourth-order valence-corrected chi connectivity index (χ4v) is 2.91. The van der Waals surface area contributed by atoms with Crippen LogP contribution in [0.15, 0.2) is 53.0 Å². The van der Waals surface area contributed by atoms with E-state index in [4.69, 9.17) is 10.5 Å². The monoisotopic (exact) mass is 389 g/mol. The third-order valence-corrected chi connectivity index (χ3v) is 4.35. The Morgan fingerprint density at radius 3 is 2.67 bits per heavy atom. The standard InChI is InChI=1S/C17H16BrN3O3/c18-11-5-1-2-6-12(11)20-16(22)10-21-9-15(17(19)23)24-14-8-4-3-7-13(14)21/h1-8,15H,9-10H2,(H2,19,23)(H,20,22)/t15-/m1/s1. The van der Waals surface area contributed by atoms with Gasteiger partial charge in [-0.1, -0.05) is 24.3 Å². The zero-order valence-electron chi connectivity index (χ0n) is 12.7. The van der Waals surface area contributed by atoms with Crippen LogP contribution in [0.25, 0.3) is 0 Å². The number of ether oxygens (including phenoxy) is 1. The third kappa shape index (κ3) is 3.51. The summed E-state index contributed by atoms with van der Waals surface area (Å²) in [6, 6.07) is 14.6. The molecule has 0 aromatic heterocycles. The summed E-state index contributed by atoms with van der Waals surface area (Å²) in [5.74, 6) is -0.205. The fraction of sp³-hybridized carbons (Fsp3) is 0.176. The highest BCUT2D eigenvalue weighted by atomic mass is 79.9. The van der Waals surface area contributed by atoms with Crippen molar-refractivity contribution >= 4 is 39.1 Å². The Hall–Kier alpha value is -2.54. The molecule has 1 heterocycles. The van der Waals surface area contributed by atoms with Crippen LogP contribution < -0.4 is 20.7 Å². The first-order chi connectivity index (χ1) is 11.5. The van der Waals surface area contributed by atoms with Gasteiger partial charge >= 0.3 is 0 Å². The highest BCUT2D eigenvalue weighted by molar-refractivity contribution is 9.10. The molecule has 1 aliphatic heterocycles. The minimum atomic E-state index is -0.781. The maximum absolute atomic E-state index is 12.4. The summed E-state index contributed by atoms with van der Waals surface area (Å²) >= 11 is 3.39. The molecule has 2 aromatic rings. The molecule has 0 fully saturated rings. The van der Waals surface area contributed by atoms with E-state index >= 15 is 0 Å². The highest BCUT2D eigenvalue weighted by Crippen LogP contribution is 2.33. The normalized spacial score (nSPS) is 16.0. The molecule has 1 atom stereocenters. The Labute approximate surface area is 147 Å². The first-order valence-electron chi connectivity index (χ1n) is 7.39. The van der Waals surface area contributed by atoms with Crippen LogP contribution in [0.1, 0.15) is 0 Å². The van der Waals surface area contributed by atoms with Gasteiger partial charge in [0.2, 0.25) is 5.91 Å². The molecule has 3 N–H and O–H groups in total. The molecule has 0 saturated carbocycles. The van der Waals surface area contributed by atoms with Gasteiger partial charge in [-0.2, -0.15) is 0 Å². The Bertz CT molecular complexity index is 781. The summed E-state index contributed by atoms with van der Waals surface area (Å²) in [7, 11) is 0. The van der Waals surface area contributed by atoms with E-state index < -0.39 is 12.0 Å². The van der Waals surface area contributed by atoms with E-state index in [1.165, 1.54) is 0 Å². The smallest absolute Gasteiger partial charge is 0.260 e. The van der Waals surface area contributed by atoms with Crippen LogP contribution in [-0.2, 0) is 9.59 Å². The molecule has 2 aromatic carbocycles. The van der Waals surface area contributed by atoms with Crippen molar-refractivity contribution in [1.82, 2.24) is 0 Å². The second kappa shape index (κ2) is 6.92. The number of fused-ring (bicyclic) bond motifs is 1. The minimum absolute atomic E-state index is 0.0888. The maximum Gasteiger partial charge on any atom is 0.260 e. The molecule has 124 valence electrons. The molecule has 3 rings (SSSR count). The van der Waals surface area contributed by atoms with E-state index in [9.17, 15) is 9.59 Å². The average Bonchev–Trinajstić information content (AvgIpc) is 2.56. The van der Waals surface area contributed by atoms with Crippen LogP contribution >= 0.6 is 15.9 Å². The van der Waals surface area contributed by atoms with Crippen LogP contribution in [-0.4, -0.2) is 31.0 Å². The van der Waals surface area contributed by atoms with E-state index in [0.717, 1.165) is 10.2 Å². The summed E-state index contributed by atoms with van der Waals surface area (Å²) in [5, 5.41) is 2.85. The SMILES string of the molecule is NC(=O)[C@H]1CN(CC(=O)Nc2ccccc2Br)c2ccccc2O1. The van der Waals surface area contributed by atoms with Crippen molar-refractivity contribution < 1.29 is 14.3 Å². The molecular formula is C17H16BrN3O3. The Balaban J connectivity index is 1.77. The Morgan fingerprint density at radius 1 is 1.21 bits per heavy atom. The lowest BCUT2D eigenvalue weighted by Gasteiger charge is -2.34. The van der Waals surface area contributed by atoms with E-state index in [2.05, 4.69) is 21.2 Å². The van der Waals surface area contributed by atoms with E-state index in [1.807, 2.05) is 42.5 Å². The lowest BCUT2D eigenvalue weighted by atomic mass is 10.1. The molecule has 6 nitrogen and oxygen atoms in total. The first kappa shape index (κ1) is 16.3. The average molecular weight is 390 g/mol. The predicted molar refractivity (Wildman–Crippen MR) is 95.0 cm³/mol. The molecule has 7 heteroatoms. The number of carbonyl (C=O) groups excluding carboxylic acids is 2. The van der Waals surface area contributed by atoms with Crippen LogP contribution in [0.5, 0.6) is 5.75 Å². The predicted octanol–water partition coefficient (Wildman–Crippen LogP) is 2.14. The zero-order chi connectivity index (χ0) is 17.1. The summed E-state index contributed by atoms with van der Waals surface area (Å²) in [5.41, 5.74) is 6.82. The molecule has 24 heavy (non-hydrogen) atoms. The maximum atomic E-state index is 12.4. The van der Waals surface area contributed by atoms with Crippen LogP contribution in [0, 0.1) is 0 Å². The minimum Gasteiger partial charge on any atom is -0.477 e. The van der Waals surface area contributed by atoms with Gasteiger partial charge in [0.25, 0.3) is 5.91 Å². The van der Waals surface area contributed by atoms with Gasteiger partial charge in [-0.05, 0) is 40.2 Å². The molecule has 0 aliphatic carbocycles. The largest absolute Gasteiger partial charge is 0.477 e. The van der Waals surface area contributed by atoms with Crippen LogP contribution in [0.3, 0.4) is 0 Å². The first-order valence-corrected chi connectivity index (χ1v) is 8.18. The second-order valence-electron chi connectivity index (χ2n) is 5.39. The molecule has 0 radical (unpaired) electrons. The van der Waals surface area contributed by atoms with E-state index in [-0.39, 0.29) is 19.0 Å². The Morgan fingerprint density at radius 2 is 1.92 bits per heavy atom. The molecular weight excluding hydrogens is 374 g/mol. The third-order valence-electron chi connectivity index (χ3n) is 3.66. The molecule has 0 saturated heterocycles. The van der Waals surface area contributed by atoms with Crippen molar-refractivity contribution in [3.63, 3.8) is 0 Å². The lowest BCUT2D eigenvalue weighted by Crippen LogP contribution is -2.49. The molecule has 1 aliphatic rings. The van der Waals surface area contributed by atoms with Crippen molar-refractivity contribution in [3.05, 3.63) is 53.0 Å². The van der Waals surface area contributed by atoms with Crippen LogP contribution in [0.4, 0.5) is 11.4 Å². The van der Waals surface area contributed by atoms with Gasteiger partial charge in [0.15, 0.2) is 6.10 Å². The molecule has 0 unspecified atom stereocenters. The number of anilines is 2. The van der Waals surface area contributed by atoms with Gasteiger partial charge in [0.05, 0.1) is 24.5 Å². The number of carbonyl (C=O) groups is 2.